The second kappa shape index (κ2) is 9.01. The van der Waals surface area contributed by atoms with Gasteiger partial charge in [0.15, 0.2) is 0 Å². The van der Waals surface area contributed by atoms with Crippen LogP contribution < -0.4 is 0 Å². The maximum absolute atomic E-state index is 13.7. The first-order valence-electron chi connectivity index (χ1n) is 10.0. The Balaban J connectivity index is 2.09. The van der Waals surface area contributed by atoms with Gasteiger partial charge >= 0.3 is 0 Å². The van der Waals surface area contributed by atoms with Gasteiger partial charge in [0.1, 0.15) is 4.91 Å². The van der Waals surface area contributed by atoms with Crippen LogP contribution in [0, 0.1) is 6.92 Å². The summed E-state index contributed by atoms with van der Waals surface area (Å²) >= 11 is 0. The average molecular weight is 423 g/mol. The van der Waals surface area contributed by atoms with Crippen molar-refractivity contribution in [3.63, 3.8) is 0 Å². The zero-order valence-electron chi connectivity index (χ0n) is 17.2. The van der Waals surface area contributed by atoms with Crippen LogP contribution in [0.4, 0.5) is 0 Å². The molecule has 0 radical (unpaired) electrons. The standard InChI is InChI=1S/C28H22O2S/c1-22-17-19-25(20-18-22)28(31(29,30)26-15-9-4-10-16-26)21-27(23-11-5-2-6-12-23)24-13-7-3-8-14-24/h2-20H,1H3. The van der Waals surface area contributed by atoms with Crippen molar-refractivity contribution in [3.8, 4) is 0 Å². The lowest BCUT2D eigenvalue weighted by Crippen LogP contribution is -2.04. The molecule has 0 amide bonds. The van der Waals surface area contributed by atoms with Crippen molar-refractivity contribution in [2.45, 2.75) is 11.8 Å². The zero-order valence-corrected chi connectivity index (χ0v) is 18.0. The molecule has 0 bridgehead atoms. The Morgan fingerprint density at radius 1 is 0.581 bits per heavy atom. The molecule has 0 aliphatic rings. The van der Waals surface area contributed by atoms with Crippen molar-refractivity contribution in [2.75, 3.05) is 0 Å². The van der Waals surface area contributed by atoms with E-state index in [0.717, 1.165) is 22.3 Å². The molecule has 0 heterocycles. The predicted molar refractivity (Wildman–Crippen MR) is 127 cm³/mol. The fraction of sp³-hybridized carbons (Fsp3) is 0.0357. The van der Waals surface area contributed by atoms with Gasteiger partial charge in [-0.2, -0.15) is 0 Å². The monoisotopic (exact) mass is 422 g/mol. The first-order valence-corrected chi connectivity index (χ1v) is 11.5. The molecular formula is C28H22O2S. The predicted octanol–water partition coefficient (Wildman–Crippen LogP) is 6.54. The van der Waals surface area contributed by atoms with Crippen molar-refractivity contribution < 1.29 is 8.42 Å². The molecule has 4 aromatic carbocycles. The Bertz CT molecular complexity index is 1290. The second-order valence-corrected chi connectivity index (χ2v) is 9.13. The topological polar surface area (TPSA) is 34.1 Å². The number of rotatable bonds is 5. The molecule has 0 saturated carbocycles. The molecule has 4 rings (SSSR count). The largest absolute Gasteiger partial charge is 0.218 e. The Hall–Kier alpha value is -3.65. The van der Waals surface area contributed by atoms with Crippen molar-refractivity contribution in [3.05, 3.63) is 143 Å². The molecule has 0 spiro atoms. The van der Waals surface area contributed by atoms with Gasteiger partial charge in [0.25, 0.3) is 0 Å². The van der Waals surface area contributed by atoms with Crippen LogP contribution in [0.25, 0.3) is 10.5 Å². The first kappa shape index (κ1) is 20.6. The lowest BCUT2D eigenvalue weighted by molar-refractivity contribution is 0.606. The van der Waals surface area contributed by atoms with Gasteiger partial charge < -0.3 is 0 Å². The molecule has 3 heteroatoms. The summed E-state index contributed by atoms with van der Waals surface area (Å²) in [7, 11) is -3.79. The summed E-state index contributed by atoms with van der Waals surface area (Å²) < 4.78 is 27.4. The molecule has 0 atom stereocenters. The third-order valence-corrected chi connectivity index (χ3v) is 6.77. The summed E-state index contributed by atoms with van der Waals surface area (Å²) in [5, 5.41) is 0. The highest BCUT2D eigenvalue weighted by Gasteiger charge is 2.23. The molecule has 0 aromatic heterocycles. The minimum absolute atomic E-state index is 0.154. The molecule has 0 aliphatic carbocycles. The van der Waals surface area contributed by atoms with Crippen LogP contribution in [-0.2, 0) is 9.84 Å². The van der Waals surface area contributed by atoms with Crippen molar-refractivity contribution in [1.82, 2.24) is 0 Å². The SMILES string of the molecule is Cc1ccc(C(=C=C(c2ccccc2)c2ccccc2)S(=O)(=O)c2ccccc2)cc1. The molecule has 152 valence electrons. The third-order valence-electron chi connectivity index (χ3n) is 5.00. The van der Waals surface area contributed by atoms with Crippen LogP contribution >= 0.6 is 0 Å². The Kier molecular flexibility index (Phi) is 5.99. The number of benzene rings is 4. The minimum atomic E-state index is -3.79. The molecule has 0 saturated heterocycles. The molecule has 0 aliphatic heterocycles. The zero-order chi connectivity index (χ0) is 21.7. The summed E-state index contributed by atoms with van der Waals surface area (Å²) in [4.78, 5) is 0.403. The van der Waals surface area contributed by atoms with Crippen molar-refractivity contribution in [1.29, 1.82) is 0 Å². The van der Waals surface area contributed by atoms with E-state index in [1.54, 1.807) is 24.3 Å². The van der Waals surface area contributed by atoms with Crippen LogP contribution in [0.2, 0.25) is 0 Å². The van der Waals surface area contributed by atoms with Gasteiger partial charge in [0.05, 0.1) is 4.90 Å². The normalized spacial score (nSPS) is 10.9. The lowest BCUT2D eigenvalue weighted by atomic mass is 9.98. The first-order chi connectivity index (χ1) is 15.1. The van der Waals surface area contributed by atoms with Gasteiger partial charge in [-0.3, -0.25) is 0 Å². The van der Waals surface area contributed by atoms with Crippen LogP contribution in [0.1, 0.15) is 22.3 Å². The molecule has 0 N–H and O–H groups in total. The highest BCUT2D eigenvalue weighted by atomic mass is 32.2. The summed E-state index contributed by atoms with van der Waals surface area (Å²) in [6, 6.07) is 35.6. The van der Waals surface area contributed by atoms with Crippen LogP contribution in [0.3, 0.4) is 0 Å². The highest BCUT2D eigenvalue weighted by Crippen LogP contribution is 2.31. The van der Waals surface area contributed by atoms with E-state index in [0.29, 0.717) is 5.56 Å². The van der Waals surface area contributed by atoms with Gasteiger partial charge in [0.2, 0.25) is 9.84 Å². The van der Waals surface area contributed by atoms with E-state index in [1.807, 2.05) is 97.9 Å². The second-order valence-electron chi connectivity index (χ2n) is 7.24. The quantitative estimate of drug-likeness (QED) is 0.342. The Morgan fingerprint density at radius 3 is 1.52 bits per heavy atom. The van der Waals surface area contributed by atoms with E-state index in [-0.39, 0.29) is 9.80 Å². The molecule has 0 unspecified atom stereocenters. The van der Waals surface area contributed by atoms with Crippen LogP contribution in [-0.4, -0.2) is 8.42 Å². The number of hydrogen-bond acceptors (Lipinski definition) is 2. The maximum atomic E-state index is 13.7. The smallest absolute Gasteiger partial charge is 0.214 e. The van der Waals surface area contributed by atoms with Crippen molar-refractivity contribution in [2.24, 2.45) is 0 Å². The Morgan fingerprint density at radius 2 is 1.03 bits per heavy atom. The van der Waals surface area contributed by atoms with Crippen molar-refractivity contribution >= 4 is 20.3 Å². The van der Waals surface area contributed by atoms with Gasteiger partial charge in [-0.15, -0.1) is 0 Å². The van der Waals surface area contributed by atoms with E-state index < -0.39 is 9.84 Å². The summed E-state index contributed by atoms with van der Waals surface area (Å²) in [5.41, 5.74) is 7.52. The fourth-order valence-corrected chi connectivity index (χ4v) is 4.79. The number of sulfone groups is 1. The highest BCUT2D eigenvalue weighted by molar-refractivity contribution is 8.00. The fourth-order valence-electron chi connectivity index (χ4n) is 3.35. The molecule has 0 fully saturated rings. The van der Waals surface area contributed by atoms with E-state index in [4.69, 9.17) is 0 Å². The number of aryl methyl sites for hydroxylation is 1. The average Bonchev–Trinajstić information content (AvgIpc) is 2.82. The minimum Gasteiger partial charge on any atom is -0.218 e. The van der Waals surface area contributed by atoms with Gasteiger partial charge in [0, 0.05) is 11.1 Å². The molecule has 2 nitrogen and oxygen atoms in total. The van der Waals surface area contributed by atoms with Crippen LogP contribution in [0.5, 0.6) is 0 Å². The van der Waals surface area contributed by atoms with E-state index >= 15 is 0 Å². The lowest BCUT2D eigenvalue weighted by Gasteiger charge is -2.11. The van der Waals surface area contributed by atoms with E-state index in [9.17, 15) is 8.42 Å². The molecule has 4 aromatic rings. The summed E-state index contributed by atoms with van der Waals surface area (Å²) in [5.74, 6) is 0. The summed E-state index contributed by atoms with van der Waals surface area (Å²) in [6.07, 6.45) is 0. The molecule has 31 heavy (non-hydrogen) atoms. The van der Waals surface area contributed by atoms with Gasteiger partial charge in [-0.1, -0.05) is 114 Å². The maximum Gasteiger partial charge on any atom is 0.214 e. The van der Waals surface area contributed by atoms with E-state index in [2.05, 4.69) is 5.73 Å². The molecular weight excluding hydrogens is 400 g/mol. The van der Waals surface area contributed by atoms with E-state index in [1.165, 1.54) is 0 Å². The Labute approximate surface area is 183 Å². The summed E-state index contributed by atoms with van der Waals surface area (Å²) in [6.45, 7) is 1.98. The van der Waals surface area contributed by atoms with Gasteiger partial charge in [-0.05, 0) is 30.2 Å². The third kappa shape index (κ3) is 4.59. The van der Waals surface area contributed by atoms with Gasteiger partial charge in [-0.25, -0.2) is 8.42 Å². The van der Waals surface area contributed by atoms with Crippen LogP contribution in [0.15, 0.2) is 126 Å². The number of hydrogen-bond donors (Lipinski definition) is 0.